The van der Waals surface area contributed by atoms with Gasteiger partial charge >= 0.3 is 5.97 Å². The molecule has 2 aromatic carbocycles. The van der Waals surface area contributed by atoms with Crippen molar-refractivity contribution in [3.8, 4) is 11.5 Å². The zero-order valence-electron chi connectivity index (χ0n) is 13.7. The summed E-state index contributed by atoms with van der Waals surface area (Å²) in [5, 5.41) is 13.2. The van der Waals surface area contributed by atoms with E-state index in [-0.39, 0.29) is 23.0 Å². The van der Waals surface area contributed by atoms with Gasteiger partial charge in [-0.2, -0.15) is 0 Å². The van der Waals surface area contributed by atoms with Gasteiger partial charge in [0.05, 0.1) is 15.6 Å². The SMILES string of the molecule is O=C(COC(=O)[C@@H]1COc2ccccc2O1)Nc1cc([N+](=O)[O-])ccc1Cl. The van der Waals surface area contributed by atoms with Crippen LogP contribution in [0.25, 0.3) is 0 Å². The van der Waals surface area contributed by atoms with Crippen LogP contribution in [-0.4, -0.2) is 36.1 Å². The number of benzene rings is 2. The van der Waals surface area contributed by atoms with Gasteiger partial charge in [-0.25, -0.2) is 4.79 Å². The molecule has 1 heterocycles. The van der Waals surface area contributed by atoms with E-state index >= 15 is 0 Å². The van der Waals surface area contributed by atoms with Crippen molar-refractivity contribution in [3.63, 3.8) is 0 Å². The number of nitro benzene ring substituents is 1. The maximum absolute atomic E-state index is 12.1. The number of amides is 1. The van der Waals surface area contributed by atoms with E-state index in [1.54, 1.807) is 24.3 Å². The number of nitrogens with one attached hydrogen (secondary N) is 1. The van der Waals surface area contributed by atoms with Crippen LogP contribution >= 0.6 is 11.6 Å². The first-order valence-electron chi connectivity index (χ1n) is 7.73. The lowest BCUT2D eigenvalue weighted by atomic mass is 10.2. The number of ether oxygens (including phenoxy) is 3. The topological polar surface area (TPSA) is 117 Å². The van der Waals surface area contributed by atoms with E-state index in [4.69, 9.17) is 25.8 Å². The standard InChI is InChI=1S/C17H13ClN2O7/c18-11-6-5-10(20(23)24)7-12(11)19-16(21)9-26-17(22)15-8-25-13-3-1-2-4-14(13)27-15/h1-7,15H,8-9H2,(H,19,21)/t15-/m0/s1. The number of anilines is 1. The Morgan fingerprint density at radius 2 is 2.00 bits per heavy atom. The molecule has 1 amide bonds. The van der Waals surface area contributed by atoms with Crippen LogP contribution < -0.4 is 14.8 Å². The number of halogens is 1. The fraction of sp³-hybridized carbons (Fsp3) is 0.176. The Kier molecular flexibility index (Phi) is 5.41. The number of rotatable bonds is 5. The molecule has 0 radical (unpaired) electrons. The molecular weight excluding hydrogens is 380 g/mol. The normalized spacial score (nSPS) is 14.9. The summed E-state index contributed by atoms with van der Waals surface area (Å²) in [6, 6.07) is 10.4. The Morgan fingerprint density at radius 3 is 2.74 bits per heavy atom. The second-order valence-corrected chi connectivity index (χ2v) is 5.85. The van der Waals surface area contributed by atoms with Gasteiger partial charge < -0.3 is 19.5 Å². The Balaban J connectivity index is 1.54. The molecule has 0 aromatic heterocycles. The summed E-state index contributed by atoms with van der Waals surface area (Å²) in [7, 11) is 0. The van der Waals surface area contributed by atoms with Crippen LogP contribution in [0.2, 0.25) is 5.02 Å². The molecule has 10 heteroatoms. The highest BCUT2D eigenvalue weighted by molar-refractivity contribution is 6.33. The van der Waals surface area contributed by atoms with Gasteiger partial charge in [0.2, 0.25) is 6.10 Å². The van der Waals surface area contributed by atoms with Crippen LogP contribution in [0.4, 0.5) is 11.4 Å². The Labute approximate surface area is 157 Å². The number of carbonyl (C=O) groups excluding carboxylic acids is 2. The van der Waals surface area contributed by atoms with Gasteiger partial charge in [-0.1, -0.05) is 23.7 Å². The van der Waals surface area contributed by atoms with Crippen molar-refractivity contribution in [1.29, 1.82) is 0 Å². The molecule has 1 N–H and O–H groups in total. The maximum atomic E-state index is 12.1. The fourth-order valence-electron chi connectivity index (χ4n) is 2.27. The highest BCUT2D eigenvalue weighted by atomic mass is 35.5. The molecule has 1 aliphatic rings. The molecule has 0 saturated carbocycles. The summed E-state index contributed by atoms with van der Waals surface area (Å²) >= 11 is 5.90. The largest absolute Gasteiger partial charge is 0.485 e. The summed E-state index contributed by atoms with van der Waals surface area (Å²) in [6.07, 6.45) is -1.01. The summed E-state index contributed by atoms with van der Waals surface area (Å²) in [5.74, 6) is -0.564. The second kappa shape index (κ2) is 7.92. The first-order valence-corrected chi connectivity index (χ1v) is 8.11. The van der Waals surface area contributed by atoms with Gasteiger partial charge in [0.15, 0.2) is 18.1 Å². The molecule has 9 nitrogen and oxygen atoms in total. The van der Waals surface area contributed by atoms with Crippen molar-refractivity contribution < 1.29 is 28.7 Å². The van der Waals surface area contributed by atoms with Gasteiger partial charge in [-0.3, -0.25) is 14.9 Å². The van der Waals surface area contributed by atoms with Gasteiger partial charge in [0, 0.05) is 12.1 Å². The molecule has 0 unspecified atom stereocenters. The predicted molar refractivity (Wildman–Crippen MR) is 94.0 cm³/mol. The van der Waals surface area contributed by atoms with Crippen molar-refractivity contribution in [1.82, 2.24) is 0 Å². The van der Waals surface area contributed by atoms with Crippen LogP contribution in [0.3, 0.4) is 0 Å². The van der Waals surface area contributed by atoms with E-state index in [9.17, 15) is 19.7 Å². The van der Waals surface area contributed by atoms with Crippen molar-refractivity contribution in [2.24, 2.45) is 0 Å². The van der Waals surface area contributed by atoms with E-state index in [1.807, 2.05) is 0 Å². The smallest absolute Gasteiger partial charge is 0.351 e. The zero-order valence-corrected chi connectivity index (χ0v) is 14.5. The number of fused-ring (bicyclic) bond motifs is 1. The third kappa shape index (κ3) is 4.45. The molecule has 1 atom stereocenters. The molecule has 3 rings (SSSR count). The number of nitrogens with zero attached hydrogens (tertiary/aromatic N) is 1. The number of hydrogen-bond acceptors (Lipinski definition) is 7. The number of non-ortho nitro benzene ring substituents is 1. The molecule has 0 bridgehead atoms. The van der Waals surface area contributed by atoms with E-state index in [0.29, 0.717) is 11.5 Å². The number of esters is 1. The Bertz CT molecular complexity index is 903. The van der Waals surface area contributed by atoms with Crippen LogP contribution in [-0.2, 0) is 14.3 Å². The number of para-hydroxylation sites is 2. The molecule has 0 spiro atoms. The van der Waals surface area contributed by atoms with E-state index in [1.165, 1.54) is 12.1 Å². The lowest BCUT2D eigenvalue weighted by Gasteiger charge is -2.24. The van der Waals surface area contributed by atoms with Crippen molar-refractivity contribution in [3.05, 3.63) is 57.6 Å². The summed E-state index contributed by atoms with van der Waals surface area (Å²) < 4.78 is 15.8. The van der Waals surface area contributed by atoms with Gasteiger partial charge in [-0.15, -0.1) is 0 Å². The number of hydrogen-bond donors (Lipinski definition) is 1. The summed E-state index contributed by atoms with van der Waals surface area (Å²) in [4.78, 5) is 34.2. The van der Waals surface area contributed by atoms with E-state index in [0.717, 1.165) is 6.07 Å². The average molecular weight is 393 g/mol. The highest BCUT2D eigenvalue weighted by Gasteiger charge is 2.29. The van der Waals surface area contributed by atoms with Gasteiger partial charge in [0.1, 0.15) is 6.61 Å². The number of nitro groups is 1. The Morgan fingerprint density at radius 1 is 1.26 bits per heavy atom. The average Bonchev–Trinajstić information content (AvgIpc) is 2.67. The van der Waals surface area contributed by atoms with Crippen LogP contribution in [0.5, 0.6) is 11.5 Å². The van der Waals surface area contributed by atoms with Crippen LogP contribution in [0.1, 0.15) is 0 Å². The highest BCUT2D eigenvalue weighted by Crippen LogP contribution is 2.31. The van der Waals surface area contributed by atoms with Gasteiger partial charge in [0.25, 0.3) is 11.6 Å². The number of carbonyl (C=O) groups is 2. The van der Waals surface area contributed by atoms with Crippen LogP contribution in [0, 0.1) is 10.1 Å². The molecule has 1 aliphatic heterocycles. The first-order chi connectivity index (χ1) is 12.9. The molecular formula is C17H13ClN2O7. The molecule has 0 aliphatic carbocycles. The minimum absolute atomic E-state index is 0.0399. The van der Waals surface area contributed by atoms with Crippen molar-refractivity contribution >= 4 is 34.9 Å². The lowest BCUT2D eigenvalue weighted by Crippen LogP contribution is -2.39. The third-order valence-corrected chi connectivity index (χ3v) is 3.88. The van der Waals surface area contributed by atoms with E-state index in [2.05, 4.69) is 5.32 Å². The molecule has 140 valence electrons. The third-order valence-electron chi connectivity index (χ3n) is 3.55. The zero-order chi connectivity index (χ0) is 19.4. The van der Waals surface area contributed by atoms with Crippen molar-refractivity contribution in [2.75, 3.05) is 18.5 Å². The molecule has 0 fully saturated rings. The Hall–Kier alpha value is -3.33. The first kappa shape index (κ1) is 18.5. The van der Waals surface area contributed by atoms with E-state index < -0.39 is 29.5 Å². The lowest BCUT2D eigenvalue weighted by molar-refractivity contribution is -0.384. The molecule has 2 aromatic rings. The maximum Gasteiger partial charge on any atom is 0.351 e. The summed E-state index contributed by atoms with van der Waals surface area (Å²) in [5.41, 5.74) is -0.198. The molecule has 0 saturated heterocycles. The summed E-state index contributed by atoms with van der Waals surface area (Å²) in [6.45, 7) is -0.659. The quantitative estimate of drug-likeness (QED) is 0.472. The fourth-order valence-corrected chi connectivity index (χ4v) is 2.44. The second-order valence-electron chi connectivity index (χ2n) is 5.44. The molecule has 27 heavy (non-hydrogen) atoms. The van der Waals surface area contributed by atoms with Crippen molar-refractivity contribution in [2.45, 2.75) is 6.10 Å². The predicted octanol–water partition coefficient (Wildman–Crippen LogP) is 2.57. The van der Waals surface area contributed by atoms with Gasteiger partial charge in [-0.05, 0) is 18.2 Å². The monoisotopic (exact) mass is 392 g/mol. The van der Waals surface area contributed by atoms with Crippen LogP contribution in [0.15, 0.2) is 42.5 Å². The minimum atomic E-state index is -1.01. The minimum Gasteiger partial charge on any atom is -0.485 e.